The van der Waals surface area contributed by atoms with Crippen molar-refractivity contribution >= 4 is 29.7 Å². The highest BCUT2D eigenvalue weighted by Gasteiger charge is 2.31. The fourth-order valence-electron chi connectivity index (χ4n) is 3.63. The van der Waals surface area contributed by atoms with E-state index in [9.17, 15) is 20.3 Å². The molecule has 0 aromatic heterocycles. The third-order valence-corrected chi connectivity index (χ3v) is 6.23. The van der Waals surface area contributed by atoms with E-state index in [2.05, 4.69) is 11.4 Å². The Morgan fingerprint density at radius 1 is 1.11 bits per heavy atom. The van der Waals surface area contributed by atoms with Crippen LogP contribution in [0, 0.1) is 11.3 Å². The van der Waals surface area contributed by atoms with Crippen LogP contribution in [0.1, 0.15) is 29.2 Å². The maximum Gasteiger partial charge on any atom is 0.326 e. The van der Waals surface area contributed by atoms with E-state index in [0.717, 1.165) is 16.7 Å². The van der Waals surface area contributed by atoms with Gasteiger partial charge < -0.3 is 19.7 Å². The van der Waals surface area contributed by atoms with Crippen LogP contribution in [0.4, 0.5) is 0 Å². The van der Waals surface area contributed by atoms with E-state index in [1.54, 1.807) is 19.2 Å². The minimum absolute atomic E-state index is 0.121. The Bertz CT molecular complexity index is 1300. The Morgan fingerprint density at radius 3 is 2.49 bits per heavy atom. The normalized spacial score (nSPS) is 12.7. The van der Waals surface area contributed by atoms with Crippen molar-refractivity contribution in [3.8, 4) is 22.9 Å². The van der Waals surface area contributed by atoms with Crippen LogP contribution < -0.4 is 10.1 Å². The molecule has 0 radical (unpaired) electrons. The number of benzene rings is 3. The van der Waals surface area contributed by atoms with Crippen LogP contribution in [-0.4, -0.2) is 48.7 Å². The second kappa shape index (κ2) is 13.0. The van der Waals surface area contributed by atoms with Gasteiger partial charge in [0.2, 0.25) is 0 Å². The molecule has 0 bridgehead atoms. The number of hydrogen-bond acceptors (Lipinski definition) is 6. The zero-order valence-corrected chi connectivity index (χ0v) is 21.5. The average Bonchev–Trinajstić information content (AvgIpc) is 2.92. The molecule has 8 heteroatoms. The molecule has 7 nitrogen and oxygen atoms in total. The molecule has 0 fully saturated rings. The Hall–Kier alpha value is -3.67. The highest BCUT2D eigenvalue weighted by atomic mass is 35.5. The number of aliphatic hydroxyl groups excluding tert-OH is 1. The molecule has 0 aliphatic rings. The summed E-state index contributed by atoms with van der Waals surface area (Å²) in [5.74, 6) is -0.724. The summed E-state index contributed by atoms with van der Waals surface area (Å²) >= 11 is 6.45. The number of nitrogens with one attached hydrogen (secondary N) is 1. The third kappa shape index (κ3) is 6.97. The van der Waals surface area contributed by atoms with Crippen molar-refractivity contribution < 1.29 is 24.5 Å². The summed E-state index contributed by atoms with van der Waals surface area (Å²) in [7, 11) is 1.57. The first-order valence-electron chi connectivity index (χ1n) is 11.6. The highest BCUT2D eigenvalue weighted by Crippen LogP contribution is 2.31. The van der Waals surface area contributed by atoms with Gasteiger partial charge in [0, 0.05) is 19.2 Å². The zero-order chi connectivity index (χ0) is 26.8. The molecule has 37 heavy (non-hydrogen) atoms. The molecule has 0 saturated heterocycles. The van der Waals surface area contributed by atoms with Crippen LogP contribution in [0.5, 0.6) is 5.75 Å². The number of nitrogens with zero attached hydrogens (tertiary/aromatic N) is 1. The van der Waals surface area contributed by atoms with Crippen molar-refractivity contribution in [2.75, 3.05) is 26.9 Å². The monoisotopic (exact) mass is 520 g/mol. The number of rotatable bonds is 12. The number of hydrogen-bond donors (Lipinski definition) is 3. The summed E-state index contributed by atoms with van der Waals surface area (Å²) in [4.78, 5) is 11.6. The molecule has 3 aromatic carbocycles. The van der Waals surface area contributed by atoms with E-state index in [1.807, 2.05) is 60.7 Å². The van der Waals surface area contributed by atoms with Crippen molar-refractivity contribution in [2.45, 2.75) is 19.0 Å². The van der Waals surface area contributed by atoms with Gasteiger partial charge in [0.25, 0.3) is 0 Å². The Balaban J connectivity index is 2.02. The Morgan fingerprint density at radius 2 is 1.84 bits per heavy atom. The molecule has 1 atom stereocenters. The number of aliphatic hydroxyl groups is 1. The van der Waals surface area contributed by atoms with E-state index >= 15 is 0 Å². The minimum Gasteiger partial charge on any atom is -0.490 e. The third-order valence-electron chi connectivity index (χ3n) is 5.93. The lowest BCUT2D eigenvalue weighted by Gasteiger charge is -2.24. The summed E-state index contributed by atoms with van der Waals surface area (Å²) in [6.45, 7) is 1.63. The molecule has 0 spiro atoms. The van der Waals surface area contributed by atoms with Crippen LogP contribution >= 0.6 is 11.6 Å². The quantitative estimate of drug-likeness (QED) is 0.227. The van der Waals surface area contributed by atoms with E-state index < -0.39 is 18.1 Å². The first-order valence-corrected chi connectivity index (χ1v) is 12.0. The van der Waals surface area contributed by atoms with Gasteiger partial charge >= 0.3 is 5.97 Å². The van der Waals surface area contributed by atoms with Gasteiger partial charge in [0.1, 0.15) is 24.0 Å². The van der Waals surface area contributed by atoms with Gasteiger partial charge in [0.15, 0.2) is 0 Å². The standard InChI is InChI=1S/C29H29ClN2O5/c1-29(19-33,28(34)35)32-18-23-15-26(30)27(37-14-13-36-2)16-22(23)12-11-21-9-6-10-24(25(21)17-31)20-7-4-3-5-8-20/h3-12,15-16,32-33H,13-14,18-19H2,1-2H3,(H,34,35)/b12-11+. The largest absolute Gasteiger partial charge is 0.490 e. The van der Waals surface area contributed by atoms with Gasteiger partial charge in [-0.1, -0.05) is 72.3 Å². The molecular weight excluding hydrogens is 492 g/mol. The van der Waals surface area contributed by atoms with Crippen LogP contribution in [0.25, 0.3) is 23.3 Å². The van der Waals surface area contributed by atoms with Crippen molar-refractivity contribution in [3.63, 3.8) is 0 Å². The molecule has 192 valence electrons. The smallest absolute Gasteiger partial charge is 0.326 e. The van der Waals surface area contributed by atoms with Gasteiger partial charge in [-0.15, -0.1) is 0 Å². The van der Waals surface area contributed by atoms with Gasteiger partial charge in [-0.25, -0.2) is 0 Å². The number of nitriles is 1. The SMILES string of the molecule is COCCOc1cc(/C=C/c2cccc(-c3ccccc3)c2C#N)c(CNC(C)(CO)C(=O)O)cc1Cl. The van der Waals surface area contributed by atoms with E-state index in [1.165, 1.54) is 6.92 Å². The topological polar surface area (TPSA) is 112 Å². The van der Waals surface area contributed by atoms with Crippen LogP contribution in [-0.2, 0) is 16.1 Å². The maximum absolute atomic E-state index is 11.6. The van der Waals surface area contributed by atoms with Crippen molar-refractivity contribution in [3.05, 3.63) is 87.9 Å². The Labute approximate surface area is 221 Å². The van der Waals surface area contributed by atoms with Gasteiger partial charge in [-0.2, -0.15) is 5.26 Å². The molecule has 3 N–H and O–H groups in total. The van der Waals surface area contributed by atoms with E-state index in [-0.39, 0.29) is 6.54 Å². The molecule has 0 amide bonds. The van der Waals surface area contributed by atoms with Crippen LogP contribution in [0.15, 0.2) is 60.7 Å². The maximum atomic E-state index is 11.6. The molecule has 3 rings (SSSR count). The summed E-state index contributed by atoms with van der Waals surface area (Å²) in [5, 5.41) is 32.3. The molecule has 1 unspecified atom stereocenters. The number of halogens is 1. The second-order valence-electron chi connectivity index (χ2n) is 8.55. The highest BCUT2D eigenvalue weighted by molar-refractivity contribution is 6.32. The first-order chi connectivity index (χ1) is 17.8. The zero-order valence-electron chi connectivity index (χ0n) is 20.7. The van der Waals surface area contributed by atoms with Gasteiger partial charge in [0.05, 0.1) is 23.8 Å². The minimum atomic E-state index is -1.53. The second-order valence-corrected chi connectivity index (χ2v) is 8.96. The predicted molar refractivity (Wildman–Crippen MR) is 144 cm³/mol. The fraction of sp³-hybridized carbons (Fsp3) is 0.241. The number of aliphatic carboxylic acids is 1. The summed E-state index contributed by atoms with van der Waals surface area (Å²) < 4.78 is 10.8. The molecular formula is C29H29ClN2O5. The number of carbonyl (C=O) groups is 1. The Kier molecular flexibility index (Phi) is 9.84. The van der Waals surface area contributed by atoms with Crippen molar-refractivity contribution in [1.29, 1.82) is 5.26 Å². The van der Waals surface area contributed by atoms with Crippen LogP contribution in [0.3, 0.4) is 0 Å². The van der Waals surface area contributed by atoms with Gasteiger partial charge in [-0.05, 0) is 41.3 Å². The number of carboxylic acid groups (broad SMARTS) is 1. The van der Waals surface area contributed by atoms with E-state index in [4.69, 9.17) is 21.1 Å². The summed E-state index contributed by atoms with van der Waals surface area (Å²) in [6, 6.07) is 21.1. The number of ether oxygens (including phenoxy) is 2. The molecule has 0 aliphatic carbocycles. The lowest BCUT2D eigenvalue weighted by atomic mass is 9.95. The molecule has 0 aliphatic heterocycles. The van der Waals surface area contributed by atoms with Crippen LogP contribution in [0.2, 0.25) is 5.02 Å². The fourth-order valence-corrected chi connectivity index (χ4v) is 3.87. The first kappa shape index (κ1) is 27.9. The lowest BCUT2D eigenvalue weighted by Crippen LogP contribution is -2.52. The van der Waals surface area contributed by atoms with E-state index in [0.29, 0.717) is 40.7 Å². The lowest BCUT2D eigenvalue weighted by molar-refractivity contribution is -0.145. The molecule has 3 aromatic rings. The molecule has 0 saturated carbocycles. The predicted octanol–water partition coefficient (Wildman–Crippen LogP) is 5.00. The summed E-state index contributed by atoms with van der Waals surface area (Å²) in [6.07, 6.45) is 3.66. The molecule has 0 heterocycles. The number of carboxylic acids is 1. The van der Waals surface area contributed by atoms with Crippen molar-refractivity contribution in [1.82, 2.24) is 5.32 Å². The number of methoxy groups -OCH3 is 1. The summed E-state index contributed by atoms with van der Waals surface area (Å²) in [5.41, 5.74) is 2.91. The van der Waals surface area contributed by atoms with Crippen molar-refractivity contribution in [2.24, 2.45) is 0 Å². The average molecular weight is 521 g/mol. The van der Waals surface area contributed by atoms with Gasteiger partial charge in [-0.3, -0.25) is 10.1 Å².